The van der Waals surface area contributed by atoms with Crippen molar-refractivity contribution >= 4 is 0 Å². The summed E-state index contributed by atoms with van der Waals surface area (Å²) in [6.45, 7) is 1.65. The lowest BCUT2D eigenvalue weighted by molar-refractivity contribution is -0.0355. The maximum atomic E-state index is 6.10. The van der Waals surface area contributed by atoms with Gasteiger partial charge in [-0.15, -0.1) is 0 Å². The number of hydrogen-bond acceptors (Lipinski definition) is 3. The van der Waals surface area contributed by atoms with Crippen molar-refractivity contribution < 1.29 is 9.57 Å². The molecule has 0 radical (unpaired) electrons. The number of hydroxylamine groups is 1. The third-order valence-electron chi connectivity index (χ3n) is 5.59. The van der Waals surface area contributed by atoms with Crippen LogP contribution in [0, 0.1) is 0 Å². The van der Waals surface area contributed by atoms with Crippen molar-refractivity contribution in [3.05, 3.63) is 144 Å². The second-order valence-electron chi connectivity index (χ2n) is 7.80. The molecule has 162 valence electrons. The molecule has 0 aliphatic carbocycles. The van der Waals surface area contributed by atoms with Gasteiger partial charge in [0.25, 0.3) is 0 Å². The summed E-state index contributed by atoms with van der Waals surface area (Å²) in [6, 6.07) is 41.4. The molecule has 0 aromatic heterocycles. The van der Waals surface area contributed by atoms with E-state index in [1.165, 1.54) is 5.56 Å². The Bertz CT molecular complexity index is 998. The van der Waals surface area contributed by atoms with E-state index in [4.69, 9.17) is 9.57 Å². The Hall–Kier alpha value is -3.24. The molecule has 0 bridgehead atoms. The fraction of sp³-hybridized carbons (Fsp3) is 0.172. The highest BCUT2D eigenvalue weighted by Crippen LogP contribution is 2.33. The number of hydrogen-bond donors (Lipinski definition) is 1. The summed E-state index contributed by atoms with van der Waals surface area (Å²) in [5.41, 5.74) is 7.47. The van der Waals surface area contributed by atoms with Crippen molar-refractivity contribution in [1.29, 1.82) is 0 Å². The molecule has 3 nitrogen and oxygen atoms in total. The molecule has 0 atom stereocenters. The van der Waals surface area contributed by atoms with Gasteiger partial charge in [0.05, 0.1) is 18.8 Å². The molecule has 0 spiro atoms. The molecular weight excluding hydrogens is 394 g/mol. The Balaban J connectivity index is 1.55. The van der Waals surface area contributed by atoms with E-state index >= 15 is 0 Å². The van der Waals surface area contributed by atoms with Crippen LogP contribution in [0.15, 0.2) is 121 Å². The maximum Gasteiger partial charge on any atom is 0.0952 e. The van der Waals surface area contributed by atoms with Crippen LogP contribution >= 0.6 is 0 Å². The fourth-order valence-corrected chi connectivity index (χ4v) is 3.88. The van der Waals surface area contributed by atoms with Crippen molar-refractivity contribution in [2.45, 2.75) is 25.2 Å². The zero-order valence-electron chi connectivity index (χ0n) is 18.2. The lowest BCUT2D eigenvalue weighted by Gasteiger charge is -2.35. The summed E-state index contributed by atoms with van der Waals surface area (Å²) in [5.74, 6) is 0. The van der Waals surface area contributed by atoms with Crippen molar-refractivity contribution in [2.24, 2.45) is 0 Å². The highest BCUT2D eigenvalue weighted by atomic mass is 16.6. The molecule has 4 aromatic carbocycles. The van der Waals surface area contributed by atoms with Crippen LogP contribution in [-0.4, -0.2) is 6.61 Å². The summed E-state index contributed by atoms with van der Waals surface area (Å²) in [4.78, 5) is 6.10. The van der Waals surface area contributed by atoms with Crippen LogP contribution in [-0.2, 0) is 28.3 Å². The van der Waals surface area contributed by atoms with Gasteiger partial charge in [0.2, 0.25) is 0 Å². The van der Waals surface area contributed by atoms with Crippen LogP contribution in [0.25, 0.3) is 0 Å². The van der Waals surface area contributed by atoms with Gasteiger partial charge in [-0.25, -0.2) is 0 Å². The quantitative estimate of drug-likeness (QED) is 0.228. The molecule has 32 heavy (non-hydrogen) atoms. The van der Waals surface area contributed by atoms with E-state index in [2.05, 4.69) is 78.3 Å². The standard InChI is InChI=1S/C29H29NO2/c1-5-13-25(14-6-1)23-31-22-21-29(27-17-9-3-10-18-27,28-19-11-4-12-20-28)30-32-24-26-15-7-2-8-16-26/h1-20,30H,21-24H2. The molecule has 4 aromatic rings. The Morgan fingerprint density at radius 3 is 1.47 bits per heavy atom. The molecule has 4 rings (SSSR count). The minimum Gasteiger partial charge on any atom is -0.377 e. The highest BCUT2D eigenvalue weighted by molar-refractivity contribution is 5.38. The minimum atomic E-state index is -0.534. The zero-order chi connectivity index (χ0) is 21.9. The first kappa shape index (κ1) is 22.0. The van der Waals surface area contributed by atoms with Gasteiger partial charge in [0.15, 0.2) is 0 Å². The van der Waals surface area contributed by atoms with E-state index < -0.39 is 5.54 Å². The molecule has 0 fully saturated rings. The monoisotopic (exact) mass is 423 g/mol. The van der Waals surface area contributed by atoms with Crippen LogP contribution < -0.4 is 5.48 Å². The van der Waals surface area contributed by atoms with Gasteiger partial charge < -0.3 is 4.74 Å². The van der Waals surface area contributed by atoms with Crippen LogP contribution in [0.2, 0.25) is 0 Å². The first-order valence-corrected chi connectivity index (χ1v) is 11.0. The molecular formula is C29H29NO2. The number of nitrogens with one attached hydrogen (secondary N) is 1. The number of benzene rings is 4. The largest absolute Gasteiger partial charge is 0.377 e. The van der Waals surface area contributed by atoms with E-state index in [9.17, 15) is 0 Å². The second-order valence-corrected chi connectivity index (χ2v) is 7.80. The first-order valence-electron chi connectivity index (χ1n) is 11.0. The molecule has 0 aliphatic rings. The summed E-state index contributed by atoms with van der Waals surface area (Å²) in [7, 11) is 0. The summed E-state index contributed by atoms with van der Waals surface area (Å²) < 4.78 is 6.09. The maximum absolute atomic E-state index is 6.10. The molecule has 0 amide bonds. The number of rotatable bonds is 11. The normalized spacial score (nSPS) is 11.4. The van der Waals surface area contributed by atoms with Crippen LogP contribution in [0.4, 0.5) is 0 Å². The second kappa shape index (κ2) is 11.4. The van der Waals surface area contributed by atoms with Crippen LogP contribution in [0.3, 0.4) is 0 Å². The van der Waals surface area contributed by atoms with Crippen molar-refractivity contribution in [3.63, 3.8) is 0 Å². The topological polar surface area (TPSA) is 30.5 Å². The summed E-state index contributed by atoms with van der Waals surface area (Å²) >= 11 is 0. The van der Waals surface area contributed by atoms with Gasteiger partial charge in [-0.1, -0.05) is 121 Å². The molecule has 0 heterocycles. The SMILES string of the molecule is c1ccc(COCCC(NOCc2ccccc2)(c2ccccc2)c2ccccc2)cc1. The molecule has 1 N–H and O–H groups in total. The van der Waals surface area contributed by atoms with Gasteiger partial charge in [-0.05, 0) is 28.7 Å². The molecule has 3 heteroatoms. The third-order valence-corrected chi connectivity index (χ3v) is 5.59. The van der Waals surface area contributed by atoms with Gasteiger partial charge in [0, 0.05) is 6.61 Å². The minimum absolute atomic E-state index is 0.479. The van der Waals surface area contributed by atoms with E-state index in [1.54, 1.807) is 0 Å². The van der Waals surface area contributed by atoms with E-state index in [0.717, 1.165) is 23.1 Å². The predicted molar refractivity (Wildman–Crippen MR) is 129 cm³/mol. The summed E-state index contributed by atoms with van der Waals surface area (Å²) in [5, 5.41) is 0. The molecule has 0 saturated carbocycles. The Morgan fingerprint density at radius 1 is 0.531 bits per heavy atom. The van der Waals surface area contributed by atoms with Gasteiger partial charge in [0.1, 0.15) is 0 Å². The smallest absolute Gasteiger partial charge is 0.0952 e. The predicted octanol–water partition coefficient (Wildman–Crippen LogP) is 6.26. The third kappa shape index (κ3) is 5.71. The van der Waals surface area contributed by atoms with Crippen LogP contribution in [0.5, 0.6) is 0 Å². The Morgan fingerprint density at radius 2 is 0.969 bits per heavy atom. The van der Waals surface area contributed by atoms with Crippen LogP contribution in [0.1, 0.15) is 28.7 Å². The number of ether oxygens (including phenoxy) is 1. The molecule has 0 unspecified atom stereocenters. The fourth-order valence-electron chi connectivity index (χ4n) is 3.88. The highest BCUT2D eigenvalue weighted by Gasteiger charge is 2.34. The Labute approximate surface area is 190 Å². The van der Waals surface area contributed by atoms with E-state index in [0.29, 0.717) is 19.8 Å². The van der Waals surface area contributed by atoms with Crippen molar-refractivity contribution in [1.82, 2.24) is 5.48 Å². The first-order chi connectivity index (χ1) is 15.9. The zero-order valence-corrected chi connectivity index (χ0v) is 18.2. The molecule has 0 saturated heterocycles. The van der Waals surface area contributed by atoms with Gasteiger partial charge in [-0.3, -0.25) is 4.84 Å². The Kier molecular flexibility index (Phi) is 7.83. The van der Waals surface area contributed by atoms with Gasteiger partial charge >= 0.3 is 0 Å². The van der Waals surface area contributed by atoms with E-state index in [-0.39, 0.29) is 0 Å². The van der Waals surface area contributed by atoms with E-state index in [1.807, 2.05) is 48.5 Å². The van der Waals surface area contributed by atoms with Gasteiger partial charge in [-0.2, -0.15) is 5.48 Å². The lowest BCUT2D eigenvalue weighted by atomic mass is 9.81. The van der Waals surface area contributed by atoms with Crippen molar-refractivity contribution in [3.8, 4) is 0 Å². The average molecular weight is 424 g/mol. The average Bonchev–Trinajstić information content (AvgIpc) is 2.88. The summed E-state index contributed by atoms with van der Waals surface area (Å²) in [6.07, 6.45) is 0.725. The van der Waals surface area contributed by atoms with Crippen molar-refractivity contribution in [2.75, 3.05) is 6.61 Å². The molecule has 0 aliphatic heterocycles. The lowest BCUT2D eigenvalue weighted by Crippen LogP contribution is -2.44.